The van der Waals surface area contributed by atoms with Crippen LogP contribution < -0.4 is 10.5 Å². The summed E-state index contributed by atoms with van der Waals surface area (Å²) in [4.78, 5) is 33.3. The summed E-state index contributed by atoms with van der Waals surface area (Å²) in [6, 6.07) is 13.3. The number of nitrogens with zero attached hydrogens (tertiary/aromatic N) is 2. The third kappa shape index (κ3) is 3.52. The first-order chi connectivity index (χ1) is 12.1. The quantitative estimate of drug-likeness (QED) is 0.725. The maximum atomic E-state index is 12.3. The van der Waals surface area contributed by atoms with Crippen LogP contribution >= 0.6 is 0 Å². The maximum Gasteiger partial charge on any atom is 0.343 e. The number of hydrogen-bond donors (Lipinski definition) is 1. The molecule has 1 N–H and O–H groups in total. The smallest absolute Gasteiger partial charge is 0.343 e. The number of aromatic amines is 1. The van der Waals surface area contributed by atoms with Gasteiger partial charge in [0.1, 0.15) is 5.56 Å². The molecule has 0 fully saturated rings. The second-order valence-electron chi connectivity index (χ2n) is 5.67. The fourth-order valence-corrected chi connectivity index (χ4v) is 2.70. The Balaban J connectivity index is 2.01. The number of fused-ring (bicyclic) bond motifs is 1. The molecule has 0 radical (unpaired) electrons. The predicted octanol–water partition coefficient (Wildman–Crippen LogP) is 2.74. The van der Waals surface area contributed by atoms with Crippen molar-refractivity contribution in [1.82, 2.24) is 9.97 Å². The van der Waals surface area contributed by atoms with Crippen LogP contribution in [0.4, 0.5) is 5.82 Å². The second-order valence-corrected chi connectivity index (χ2v) is 5.67. The molecule has 6 nitrogen and oxygen atoms in total. The highest BCUT2D eigenvalue weighted by Gasteiger charge is 2.16. The van der Waals surface area contributed by atoms with Crippen LogP contribution in [-0.2, 0) is 11.3 Å². The Morgan fingerprint density at radius 1 is 1.24 bits per heavy atom. The van der Waals surface area contributed by atoms with Crippen molar-refractivity contribution in [3.8, 4) is 0 Å². The van der Waals surface area contributed by atoms with E-state index >= 15 is 0 Å². The van der Waals surface area contributed by atoms with Crippen molar-refractivity contribution < 1.29 is 9.53 Å². The Morgan fingerprint density at radius 3 is 2.72 bits per heavy atom. The van der Waals surface area contributed by atoms with Crippen molar-refractivity contribution in [1.29, 1.82) is 0 Å². The van der Waals surface area contributed by atoms with E-state index in [4.69, 9.17) is 4.74 Å². The van der Waals surface area contributed by atoms with E-state index < -0.39 is 11.5 Å². The normalized spacial score (nSPS) is 10.6. The Morgan fingerprint density at radius 2 is 2.00 bits per heavy atom. The van der Waals surface area contributed by atoms with Gasteiger partial charge in [0.2, 0.25) is 0 Å². The SMILES string of the molecule is CCOC(=O)c1cc2ccnc(N(C)Cc3ccccc3)c2[nH]c1=O. The number of H-pyrrole nitrogens is 1. The van der Waals surface area contributed by atoms with Gasteiger partial charge in [0, 0.05) is 25.2 Å². The van der Waals surface area contributed by atoms with Gasteiger partial charge in [-0.2, -0.15) is 0 Å². The molecule has 0 spiro atoms. The summed E-state index contributed by atoms with van der Waals surface area (Å²) in [6.07, 6.45) is 1.66. The van der Waals surface area contributed by atoms with Crippen molar-refractivity contribution in [2.24, 2.45) is 0 Å². The first-order valence-corrected chi connectivity index (χ1v) is 8.04. The Hall–Kier alpha value is -3.15. The van der Waals surface area contributed by atoms with Gasteiger partial charge in [-0.15, -0.1) is 0 Å². The van der Waals surface area contributed by atoms with Crippen LogP contribution in [0.25, 0.3) is 10.9 Å². The van der Waals surface area contributed by atoms with Gasteiger partial charge in [0.15, 0.2) is 5.82 Å². The van der Waals surface area contributed by atoms with Gasteiger partial charge in [-0.25, -0.2) is 9.78 Å². The van der Waals surface area contributed by atoms with Crippen LogP contribution in [-0.4, -0.2) is 29.6 Å². The lowest BCUT2D eigenvalue weighted by Crippen LogP contribution is -2.22. The van der Waals surface area contributed by atoms with Crippen molar-refractivity contribution in [3.63, 3.8) is 0 Å². The van der Waals surface area contributed by atoms with E-state index in [0.29, 0.717) is 17.9 Å². The zero-order valence-electron chi connectivity index (χ0n) is 14.2. The van der Waals surface area contributed by atoms with Crippen LogP contribution in [0.1, 0.15) is 22.8 Å². The van der Waals surface area contributed by atoms with Crippen LogP contribution in [0.3, 0.4) is 0 Å². The molecular formula is C19H19N3O3. The van der Waals surface area contributed by atoms with Crippen molar-refractivity contribution in [2.75, 3.05) is 18.6 Å². The van der Waals surface area contributed by atoms with E-state index in [2.05, 4.69) is 9.97 Å². The van der Waals surface area contributed by atoms with Crippen LogP contribution in [0, 0.1) is 0 Å². The molecule has 3 rings (SSSR count). The molecule has 0 amide bonds. The highest BCUT2D eigenvalue weighted by Crippen LogP contribution is 2.22. The van der Waals surface area contributed by atoms with E-state index in [1.807, 2.05) is 42.3 Å². The minimum absolute atomic E-state index is 0.00258. The molecule has 0 unspecified atom stereocenters. The van der Waals surface area contributed by atoms with Gasteiger partial charge in [-0.05, 0) is 24.6 Å². The number of ether oxygens (including phenoxy) is 1. The minimum Gasteiger partial charge on any atom is -0.462 e. The number of hydrogen-bond acceptors (Lipinski definition) is 5. The van der Waals surface area contributed by atoms with Crippen molar-refractivity contribution >= 4 is 22.7 Å². The number of pyridine rings is 2. The summed E-state index contributed by atoms with van der Waals surface area (Å²) in [7, 11) is 1.91. The Kier molecular flexibility index (Phi) is 4.79. The summed E-state index contributed by atoms with van der Waals surface area (Å²) in [5.41, 5.74) is 1.25. The molecule has 0 atom stereocenters. The zero-order valence-corrected chi connectivity index (χ0v) is 14.2. The highest BCUT2D eigenvalue weighted by atomic mass is 16.5. The van der Waals surface area contributed by atoms with Crippen molar-refractivity contribution in [3.05, 3.63) is 70.1 Å². The van der Waals surface area contributed by atoms with Gasteiger partial charge in [-0.3, -0.25) is 4.79 Å². The third-order valence-electron chi connectivity index (χ3n) is 3.87. The maximum absolute atomic E-state index is 12.3. The number of rotatable bonds is 5. The fraction of sp³-hybridized carbons (Fsp3) is 0.211. The van der Waals surface area contributed by atoms with Crippen LogP contribution in [0.15, 0.2) is 53.5 Å². The fourth-order valence-electron chi connectivity index (χ4n) is 2.70. The molecule has 2 aromatic heterocycles. The predicted molar refractivity (Wildman–Crippen MR) is 96.9 cm³/mol. The molecule has 0 saturated heterocycles. The summed E-state index contributed by atoms with van der Waals surface area (Å²) in [5, 5.41) is 0.729. The van der Waals surface area contributed by atoms with Gasteiger partial charge in [-0.1, -0.05) is 30.3 Å². The first kappa shape index (κ1) is 16.7. The Bertz CT molecular complexity index is 951. The van der Waals surface area contributed by atoms with E-state index in [0.717, 1.165) is 10.9 Å². The van der Waals surface area contributed by atoms with Gasteiger partial charge >= 0.3 is 5.97 Å². The minimum atomic E-state index is -0.623. The van der Waals surface area contributed by atoms with Crippen LogP contribution in [0.2, 0.25) is 0 Å². The summed E-state index contributed by atoms with van der Waals surface area (Å²) >= 11 is 0. The molecular weight excluding hydrogens is 318 g/mol. The van der Waals surface area contributed by atoms with E-state index in [1.165, 1.54) is 0 Å². The molecule has 1 aromatic carbocycles. The molecule has 6 heteroatoms. The number of carbonyl (C=O) groups excluding carboxylic acids is 1. The molecule has 0 aliphatic rings. The third-order valence-corrected chi connectivity index (χ3v) is 3.87. The van der Waals surface area contributed by atoms with Gasteiger partial charge in [0.25, 0.3) is 5.56 Å². The Labute approximate surface area is 145 Å². The monoisotopic (exact) mass is 337 g/mol. The first-order valence-electron chi connectivity index (χ1n) is 8.04. The number of nitrogens with one attached hydrogen (secondary N) is 1. The lowest BCUT2D eigenvalue weighted by Gasteiger charge is -2.19. The van der Waals surface area contributed by atoms with Gasteiger partial charge in [0.05, 0.1) is 12.1 Å². The summed E-state index contributed by atoms with van der Waals surface area (Å²) < 4.78 is 4.93. The standard InChI is InChI=1S/C19H19N3O3/c1-3-25-19(24)15-11-14-9-10-20-17(16(14)21-18(15)23)22(2)12-13-7-5-4-6-8-13/h4-11H,3,12H2,1-2H3,(H,21,23). The molecule has 3 aromatic rings. The molecule has 25 heavy (non-hydrogen) atoms. The lowest BCUT2D eigenvalue weighted by molar-refractivity contribution is 0.0524. The highest BCUT2D eigenvalue weighted by molar-refractivity contribution is 5.96. The van der Waals surface area contributed by atoms with Crippen LogP contribution in [0.5, 0.6) is 0 Å². The number of anilines is 1. The second kappa shape index (κ2) is 7.17. The topological polar surface area (TPSA) is 75.3 Å². The lowest BCUT2D eigenvalue weighted by atomic mass is 10.1. The number of esters is 1. The molecule has 0 aliphatic carbocycles. The number of carbonyl (C=O) groups is 1. The number of benzene rings is 1. The van der Waals surface area contributed by atoms with E-state index in [-0.39, 0.29) is 12.2 Å². The number of aromatic nitrogens is 2. The average molecular weight is 337 g/mol. The summed E-state index contributed by atoms with van der Waals surface area (Å²) in [5.74, 6) is 0.0236. The largest absolute Gasteiger partial charge is 0.462 e. The molecule has 2 heterocycles. The van der Waals surface area contributed by atoms with E-state index in [9.17, 15) is 9.59 Å². The van der Waals surface area contributed by atoms with Gasteiger partial charge < -0.3 is 14.6 Å². The zero-order chi connectivity index (χ0) is 17.8. The molecule has 0 saturated carbocycles. The molecule has 0 bridgehead atoms. The molecule has 128 valence electrons. The van der Waals surface area contributed by atoms with Crippen molar-refractivity contribution in [2.45, 2.75) is 13.5 Å². The molecule has 0 aliphatic heterocycles. The summed E-state index contributed by atoms with van der Waals surface area (Å²) in [6.45, 7) is 2.57. The average Bonchev–Trinajstić information content (AvgIpc) is 2.61. The van der Waals surface area contributed by atoms with E-state index in [1.54, 1.807) is 25.3 Å².